The SMILES string of the molecule is Cc1cn(C(C)c2cccc(F)c2)c(NCC(C)C)n1. The fourth-order valence-electron chi connectivity index (χ4n) is 2.16. The summed E-state index contributed by atoms with van der Waals surface area (Å²) in [6.45, 7) is 9.20. The molecular weight excluding hydrogens is 253 g/mol. The minimum absolute atomic E-state index is 0.0431. The molecule has 0 fully saturated rings. The van der Waals surface area contributed by atoms with Gasteiger partial charge < -0.3 is 9.88 Å². The minimum atomic E-state index is -0.206. The van der Waals surface area contributed by atoms with E-state index in [1.165, 1.54) is 6.07 Å². The Morgan fingerprint density at radius 2 is 2.05 bits per heavy atom. The van der Waals surface area contributed by atoms with Gasteiger partial charge in [0.05, 0.1) is 11.7 Å². The third-order valence-corrected chi connectivity index (χ3v) is 3.27. The standard InChI is InChI=1S/C16H22FN3/c1-11(2)9-18-16-19-12(3)10-20(16)13(4)14-6-5-7-15(17)8-14/h5-8,10-11,13H,9H2,1-4H3,(H,18,19). The fourth-order valence-corrected chi connectivity index (χ4v) is 2.16. The summed E-state index contributed by atoms with van der Waals surface area (Å²) in [5.41, 5.74) is 1.90. The molecule has 108 valence electrons. The quantitative estimate of drug-likeness (QED) is 0.893. The first-order valence-corrected chi connectivity index (χ1v) is 7.02. The van der Waals surface area contributed by atoms with Gasteiger partial charge in [0.25, 0.3) is 0 Å². The number of aromatic nitrogens is 2. The van der Waals surface area contributed by atoms with E-state index in [1.807, 2.05) is 19.2 Å². The van der Waals surface area contributed by atoms with Crippen LogP contribution in [0.3, 0.4) is 0 Å². The molecule has 1 N–H and O–H groups in total. The van der Waals surface area contributed by atoms with Gasteiger partial charge in [-0.2, -0.15) is 0 Å². The van der Waals surface area contributed by atoms with Gasteiger partial charge in [0.1, 0.15) is 5.82 Å². The Morgan fingerprint density at radius 1 is 1.30 bits per heavy atom. The van der Waals surface area contributed by atoms with Crippen LogP contribution in [0.25, 0.3) is 0 Å². The summed E-state index contributed by atoms with van der Waals surface area (Å²) < 4.78 is 15.4. The van der Waals surface area contributed by atoms with E-state index in [0.29, 0.717) is 5.92 Å². The molecule has 2 aromatic rings. The van der Waals surface area contributed by atoms with Crippen molar-refractivity contribution in [1.29, 1.82) is 0 Å². The molecule has 0 aliphatic carbocycles. The van der Waals surface area contributed by atoms with Crippen molar-refractivity contribution in [2.45, 2.75) is 33.7 Å². The van der Waals surface area contributed by atoms with Crippen LogP contribution in [0, 0.1) is 18.7 Å². The fraction of sp³-hybridized carbons (Fsp3) is 0.438. The van der Waals surface area contributed by atoms with Gasteiger partial charge in [0.15, 0.2) is 0 Å². The van der Waals surface area contributed by atoms with Crippen LogP contribution >= 0.6 is 0 Å². The average Bonchev–Trinajstić information content (AvgIpc) is 2.76. The maximum atomic E-state index is 13.4. The van der Waals surface area contributed by atoms with Gasteiger partial charge in [-0.1, -0.05) is 26.0 Å². The predicted octanol–water partition coefficient (Wildman–Crippen LogP) is 4.01. The van der Waals surface area contributed by atoms with E-state index in [4.69, 9.17) is 0 Å². The Morgan fingerprint density at radius 3 is 2.70 bits per heavy atom. The second kappa shape index (κ2) is 6.07. The van der Waals surface area contributed by atoms with Gasteiger partial charge >= 0.3 is 0 Å². The van der Waals surface area contributed by atoms with Crippen LogP contribution in [0.5, 0.6) is 0 Å². The van der Waals surface area contributed by atoms with E-state index in [9.17, 15) is 4.39 Å². The molecule has 0 amide bonds. The van der Waals surface area contributed by atoms with E-state index in [0.717, 1.165) is 23.8 Å². The lowest BCUT2D eigenvalue weighted by molar-refractivity contribution is 0.602. The monoisotopic (exact) mass is 275 g/mol. The number of hydrogen-bond donors (Lipinski definition) is 1. The van der Waals surface area contributed by atoms with Crippen LogP contribution in [0.1, 0.15) is 38.1 Å². The Bertz CT molecular complexity index is 575. The lowest BCUT2D eigenvalue weighted by Crippen LogP contribution is -2.15. The molecule has 0 aliphatic rings. The van der Waals surface area contributed by atoms with E-state index in [1.54, 1.807) is 12.1 Å². The molecule has 0 spiro atoms. The summed E-state index contributed by atoms with van der Waals surface area (Å²) in [5.74, 6) is 1.18. The summed E-state index contributed by atoms with van der Waals surface area (Å²) in [7, 11) is 0. The smallest absolute Gasteiger partial charge is 0.203 e. The first kappa shape index (κ1) is 14.6. The Kier molecular flexibility index (Phi) is 4.42. The van der Waals surface area contributed by atoms with E-state index in [-0.39, 0.29) is 11.9 Å². The number of nitrogens with zero attached hydrogens (tertiary/aromatic N) is 2. The zero-order valence-electron chi connectivity index (χ0n) is 12.5. The maximum absolute atomic E-state index is 13.4. The first-order chi connectivity index (χ1) is 9.47. The summed E-state index contributed by atoms with van der Waals surface area (Å²) in [6.07, 6.45) is 2.00. The molecule has 3 nitrogen and oxygen atoms in total. The van der Waals surface area contributed by atoms with E-state index >= 15 is 0 Å². The molecule has 1 aromatic heterocycles. The van der Waals surface area contributed by atoms with Gasteiger partial charge in [-0.05, 0) is 37.5 Å². The maximum Gasteiger partial charge on any atom is 0.203 e. The summed E-state index contributed by atoms with van der Waals surface area (Å²) in [4.78, 5) is 4.51. The summed E-state index contributed by atoms with van der Waals surface area (Å²) in [6, 6.07) is 6.77. The molecule has 0 saturated carbocycles. The van der Waals surface area contributed by atoms with Gasteiger partial charge in [0.2, 0.25) is 5.95 Å². The lowest BCUT2D eigenvalue weighted by atomic mass is 10.1. The number of nitrogens with one attached hydrogen (secondary N) is 1. The number of hydrogen-bond acceptors (Lipinski definition) is 2. The van der Waals surface area contributed by atoms with Crippen molar-refractivity contribution < 1.29 is 4.39 Å². The number of aryl methyl sites for hydroxylation is 1. The van der Waals surface area contributed by atoms with Gasteiger partial charge in [0, 0.05) is 12.7 Å². The molecule has 1 aromatic carbocycles. The average molecular weight is 275 g/mol. The van der Waals surface area contributed by atoms with Gasteiger partial charge in [-0.25, -0.2) is 9.37 Å². The van der Waals surface area contributed by atoms with Crippen molar-refractivity contribution in [1.82, 2.24) is 9.55 Å². The molecule has 0 radical (unpaired) electrons. The van der Waals surface area contributed by atoms with Crippen LogP contribution in [0.4, 0.5) is 10.3 Å². The molecule has 1 atom stereocenters. The summed E-state index contributed by atoms with van der Waals surface area (Å²) in [5, 5.41) is 3.36. The highest BCUT2D eigenvalue weighted by atomic mass is 19.1. The first-order valence-electron chi connectivity index (χ1n) is 7.02. The number of rotatable bonds is 5. The highest BCUT2D eigenvalue weighted by Gasteiger charge is 2.14. The topological polar surface area (TPSA) is 29.9 Å². The Labute approximate surface area is 119 Å². The van der Waals surface area contributed by atoms with Crippen molar-refractivity contribution in [2.75, 3.05) is 11.9 Å². The Balaban J connectivity index is 2.27. The van der Waals surface area contributed by atoms with Crippen molar-refractivity contribution in [3.63, 3.8) is 0 Å². The zero-order chi connectivity index (χ0) is 14.7. The van der Waals surface area contributed by atoms with Crippen LogP contribution < -0.4 is 5.32 Å². The van der Waals surface area contributed by atoms with Crippen LogP contribution in [0.15, 0.2) is 30.5 Å². The third kappa shape index (κ3) is 3.38. The van der Waals surface area contributed by atoms with Crippen LogP contribution in [-0.4, -0.2) is 16.1 Å². The second-order valence-corrected chi connectivity index (χ2v) is 5.62. The molecule has 0 bridgehead atoms. The van der Waals surface area contributed by atoms with Crippen LogP contribution in [-0.2, 0) is 0 Å². The largest absolute Gasteiger partial charge is 0.355 e. The highest BCUT2D eigenvalue weighted by Crippen LogP contribution is 2.23. The molecule has 20 heavy (non-hydrogen) atoms. The lowest BCUT2D eigenvalue weighted by Gasteiger charge is -2.18. The van der Waals surface area contributed by atoms with Crippen molar-refractivity contribution in [3.05, 3.63) is 47.5 Å². The molecule has 0 saturated heterocycles. The molecule has 1 heterocycles. The van der Waals surface area contributed by atoms with Crippen molar-refractivity contribution >= 4 is 5.95 Å². The van der Waals surface area contributed by atoms with Gasteiger partial charge in [-0.15, -0.1) is 0 Å². The molecule has 2 rings (SSSR count). The zero-order valence-corrected chi connectivity index (χ0v) is 12.5. The minimum Gasteiger partial charge on any atom is -0.355 e. The third-order valence-electron chi connectivity index (χ3n) is 3.27. The van der Waals surface area contributed by atoms with E-state index < -0.39 is 0 Å². The number of anilines is 1. The molecule has 4 heteroatoms. The molecular formula is C16H22FN3. The second-order valence-electron chi connectivity index (χ2n) is 5.62. The number of halogens is 1. The number of imidazole rings is 1. The molecule has 1 unspecified atom stereocenters. The van der Waals surface area contributed by atoms with Crippen LogP contribution in [0.2, 0.25) is 0 Å². The predicted molar refractivity (Wildman–Crippen MR) is 80.5 cm³/mol. The Hall–Kier alpha value is -1.84. The normalized spacial score (nSPS) is 12.7. The van der Waals surface area contributed by atoms with Crippen molar-refractivity contribution in [2.24, 2.45) is 5.92 Å². The number of benzene rings is 1. The van der Waals surface area contributed by atoms with Crippen molar-refractivity contribution in [3.8, 4) is 0 Å². The molecule has 0 aliphatic heterocycles. The summed E-state index contributed by atoms with van der Waals surface area (Å²) >= 11 is 0. The highest BCUT2D eigenvalue weighted by molar-refractivity contribution is 5.33. The van der Waals surface area contributed by atoms with Gasteiger partial charge in [-0.3, -0.25) is 0 Å². The van der Waals surface area contributed by atoms with E-state index in [2.05, 4.69) is 35.6 Å².